The summed E-state index contributed by atoms with van der Waals surface area (Å²) in [7, 11) is 1.53. The molecular formula is C24H15Br2ClFNO3S2. The average molecular weight is 644 g/mol. The number of benzene rings is 3. The van der Waals surface area contributed by atoms with Crippen molar-refractivity contribution in [3.8, 4) is 11.5 Å². The van der Waals surface area contributed by atoms with Crippen molar-refractivity contribution in [3.05, 3.63) is 90.4 Å². The third kappa shape index (κ3) is 5.49. The number of hydrogen-bond acceptors (Lipinski definition) is 5. The molecule has 4 nitrogen and oxygen atoms in total. The highest BCUT2D eigenvalue weighted by Crippen LogP contribution is 2.40. The van der Waals surface area contributed by atoms with Crippen LogP contribution in [0.2, 0.25) is 5.02 Å². The van der Waals surface area contributed by atoms with Crippen molar-refractivity contribution in [1.29, 1.82) is 0 Å². The van der Waals surface area contributed by atoms with E-state index in [1.165, 1.54) is 35.9 Å². The van der Waals surface area contributed by atoms with Crippen molar-refractivity contribution < 1.29 is 18.7 Å². The summed E-state index contributed by atoms with van der Waals surface area (Å²) in [6.45, 7) is 0.278. The maximum Gasteiger partial charge on any atom is 0.270 e. The smallest absolute Gasteiger partial charge is 0.270 e. The van der Waals surface area contributed by atoms with Gasteiger partial charge in [-0.05, 0) is 91.5 Å². The molecule has 0 spiro atoms. The first-order valence-corrected chi connectivity index (χ1v) is 12.9. The lowest BCUT2D eigenvalue weighted by Crippen LogP contribution is -2.27. The number of ether oxygens (including phenoxy) is 2. The molecule has 0 radical (unpaired) electrons. The van der Waals surface area contributed by atoms with Crippen LogP contribution < -0.4 is 14.4 Å². The molecule has 0 atom stereocenters. The minimum atomic E-state index is -0.295. The van der Waals surface area contributed by atoms with Crippen LogP contribution in [0, 0.1) is 5.82 Å². The molecular weight excluding hydrogens is 629 g/mol. The first-order chi connectivity index (χ1) is 16.3. The van der Waals surface area contributed by atoms with Crippen molar-refractivity contribution in [2.24, 2.45) is 0 Å². The lowest BCUT2D eigenvalue weighted by atomic mass is 10.2. The second-order valence-electron chi connectivity index (χ2n) is 7.06. The first-order valence-electron chi connectivity index (χ1n) is 9.74. The van der Waals surface area contributed by atoms with Crippen molar-refractivity contribution in [2.75, 3.05) is 12.0 Å². The second kappa shape index (κ2) is 10.8. The van der Waals surface area contributed by atoms with Crippen molar-refractivity contribution in [1.82, 2.24) is 0 Å². The number of thiocarbonyl (C=S) groups is 1. The number of thioether (sulfide) groups is 1. The van der Waals surface area contributed by atoms with Crippen LogP contribution in [0.3, 0.4) is 0 Å². The molecule has 3 aromatic carbocycles. The van der Waals surface area contributed by atoms with Gasteiger partial charge in [0.1, 0.15) is 23.9 Å². The summed E-state index contributed by atoms with van der Waals surface area (Å²) < 4.78 is 26.0. The fourth-order valence-electron chi connectivity index (χ4n) is 3.17. The van der Waals surface area contributed by atoms with Gasteiger partial charge in [-0.1, -0.05) is 47.7 Å². The molecule has 174 valence electrons. The van der Waals surface area contributed by atoms with Gasteiger partial charge < -0.3 is 9.47 Å². The van der Waals surface area contributed by atoms with Crippen LogP contribution in [0.4, 0.5) is 10.1 Å². The summed E-state index contributed by atoms with van der Waals surface area (Å²) in [6.07, 6.45) is 1.77. The van der Waals surface area contributed by atoms with Crippen LogP contribution in [0.15, 0.2) is 68.4 Å². The molecule has 0 bridgehead atoms. The fraction of sp³-hybridized carbons (Fsp3) is 0.0833. The number of anilines is 1. The highest BCUT2D eigenvalue weighted by molar-refractivity contribution is 9.11. The molecule has 1 saturated heterocycles. The fourth-order valence-corrected chi connectivity index (χ4v) is 6.17. The molecule has 0 aromatic heterocycles. The Labute approximate surface area is 227 Å². The number of amides is 1. The van der Waals surface area contributed by atoms with Crippen LogP contribution >= 0.6 is 67.4 Å². The summed E-state index contributed by atoms with van der Waals surface area (Å²) in [5.41, 5.74) is 2.19. The van der Waals surface area contributed by atoms with E-state index < -0.39 is 0 Å². The van der Waals surface area contributed by atoms with E-state index in [1.807, 2.05) is 12.1 Å². The van der Waals surface area contributed by atoms with Gasteiger partial charge in [-0.3, -0.25) is 9.69 Å². The minimum absolute atomic E-state index is 0.236. The number of halogens is 4. The summed E-state index contributed by atoms with van der Waals surface area (Å²) in [5.74, 6) is 0.584. The maximum atomic E-state index is 13.1. The average Bonchev–Trinajstić information content (AvgIpc) is 3.07. The summed E-state index contributed by atoms with van der Waals surface area (Å²) in [6, 6.07) is 14.9. The van der Waals surface area contributed by atoms with E-state index >= 15 is 0 Å². The number of carbonyl (C=O) groups is 1. The lowest BCUT2D eigenvalue weighted by molar-refractivity contribution is -0.113. The Morgan fingerprint density at radius 3 is 2.41 bits per heavy atom. The van der Waals surface area contributed by atoms with Gasteiger partial charge in [0, 0.05) is 0 Å². The predicted molar refractivity (Wildman–Crippen MR) is 146 cm³/mol. The van der Waals surface area contributed by atoms with Crippen LogP contribution in [0.25, 0.3) is 6.08 Å². The molecule has 0 saturated carbocycles. The van der Waals surface area contributed by atoms with Gasteiger partial charge in [0.25, 0.3) is 5.91 Å². The molecule has 0 aliphatic carbocycles. The Bertz CT molecular complexity index is 1300. The normalized spacial score (nSPS) is 14.7. The Morgan fingerprint density at radius 2 is 1.79 bits per heavy atom. The van der Waals surface area contributed by atoms with E-state index in [9.17, 15) is 9.18 Å². The highest BCUT2D eigenvalue weighted by atomic mass is 79.9. The number of carbonyl (C=O) groups excluding carboxylic acids is 1. The van der Waals surface area contributed by atoms with E-state index in [1.54, 1.807) is 36.4 Å². The van der Waals surface area contributed by atoms with Crippen LogP contribution in [-0.2, 0) is 11.4 Å². The topological polar surface area (TPSA) is 38.8 Å². The monoisotopic (exact) mass is 641 g/mol. The Kier molecular flexibility index (Phi) is 7.99. The number of methoxy groups -OCH3 is 1. The quantitative estimate of drug-likeness (QED) is 0.201. The third-order valence-electron chi connectivity index (χ3n) is 4.80. The molecule has 4 rings (SSSR count). The summed E-state index contributed by atoms with van der Waals surface area (Å²) >= 11 is 19.9. The van der Waals surface area contributed by atoms with Crippen molar-refractivity contribution in [2.45, 2.75) is 6.61 Å². The SMILES string of the molecule is COc1ccc(N2C(=O)/C(=C\c3cc(Br)c(OCc4ccc(F)cc4)c(Br)c3)SC2=S)cc1Cl. The molecule has 10 heteroatoms. The van der Waals surface area contributed by atoms with Gasteiger partial charge in [0.2, 0.25) is 0 Å². The zero-order chi connectivity index (χ0) is 24.4. The zero-order valence-electron chi connectivity index (χ0n) is 17.5. The van der Waals surface area contributed by atoms with Crippen LogP contribution in [0.5, 0.6) is 11.5 Å². The maximum absolute atomic E-state index is 13.1. The molecule has 1 aliphatic heterocycles. The Hall–Kier alpha value is -1.91. The van der Waals surface area contributed by atoms with Crippen LogP contribution in [-0.4, -0.2) is 17.3 Å². The van der Waals surface area contributed by atoms with Gasteiger partial charge in [0.05, 0.1) is 31.7 Å². The molecule has 0 N–H and O–H groups in total. The van der Waals surface area contributed by atoms with E-state index in [0.29, 0.717) is 40.4 Å². The van der Waals surface area contributed by atoms with Crippen molar-refractivity contribution in [3.63, 3.8) is 0 Å². The van der Waals surface area contributed by atoms with Gasteiger partial charge in [0.15, 0.2) is 4.32 Å². The molecule has 3 aromatic rings. The number of nitrogens with zero attached hydrogens (tertiary/aromatic N) is 1. The zero-order valence-corrected chi connectivity index (χ0v) is 23.0. The van der Waals surface area contributed by atoms with Gasteiger partial charge in [-0.15, -0.1) is 0 Å². The molecule has 1 aliphatic rings. The largest absolute Gasteiger partial charge is 0.495 e. The van der Waals surface area contributed by atoms with E-state index in [2.05, 4.69) is 31.9 Å². The number of rotatable bonds is 6. The molecule has 1 fully saturated rings. The molecule has 1 amide bonds. The third-order valence-corrected chi connectivity index (χ3v) is 7.58. The van der Waals surface area contributed by atoms with Crippen LogP contribution in [0.1, 0.15) is 11.1 Å². The molecule has 1 heterocycles. The Morgan fingerprint density at radius 1 is 1.12 bits per heavy atom. The van der Waals surface area contributed by atoms with E-state index in [0.717, 1.165) is 11.1 Å². The summed E-state index contributed by atoms with van der Waals surface area (Å²) in [4.78, 5) is 15.0. The van der Waals surface area contributed by atoms with Gasteiger partial charge in [-0.25, -0.2) is 4.39 Å². The van der Waals surface area contributed by atoms with E-state index in [4.69, 9.17) is 33.3 Å². The standard InChI is InChI=1S/C24H15Br2ClFNO3S2/c1-31-20-7-6-16(11-19(20)27)29-23(30)21(34-24(29)33)10-14-8-17(25)22(18(26)9-14)32-12-13-2-4-15(28)5-3-13/h2-11H,12H2,1H3/b21-10+. The van der Waals surface area contributed by atoms with Crippen molar-refractivity contribution >= 4 is 89.4 Å². The molecule has 34 heavy (non-hydrogen) atoms. The molecule has 0 unspecified atom stereocenters. The summed E-state index contributed by atoms with van der Waals surface area (Å²) in [5, 5.41) is 0.391. The van der Waals surface area contributed by atoms with Gasteiger partial charge >= 0.3 is 0 Å². The lowest BCUT2D eigenvalue weighted by Gasteiger charge is -2.15. The highest BCUT2D eigenvalue weighted by Gasteiger charge is 2.33. The van der Waals surface area contributed by atoms with E-state index in [-0.39, 0.29) is 18.3 Å². The minimum Gasteiger partial charge on any atom is -0.495 e. The number of hydrogen-bond donors (Lipinski definition) is 0. The first kappa shape index (κ1) is 25.2. The Balaban J connectivity index is 1.54. The second-order valence-corrected chi connectivity index (χ2v) is 10.9. The van der Waals surface area contributed by atoms with Gasteiger partial charge in [-0.2, -0.15) is 0 Å². The predicted octanol–water partition coefficient (Wildman–Crippen LogP) is 8.00.